The molecule has 10 heteroatoms. The van der Waals surface area contributed by atoms with Gasteiger partial charge >= 0.3 is 12.3 Å². The fourth-order valence-corrected chi connectivity index (χ4v) is 3.32. The van der Waals surface area contributed by atoms with E-state index in [1.54, 1.807) is 26.8 Å². The lowest BCUT2D eigenvalue weighted by Crippen LogP contribution is -2.55. The highest BCUT2D eigenvalue weighted by Gasteiger charge is 2.43. The van der Waals surface area contributed by atoms with Crippen molar-refractivity contribution in [3.63, 3.8) is 0 Å². The van der Waals surface area contributed by atoms with Gasteiger partial charge in [0.1, 0.15) is 12.0 Å². The first-order valence-corrected chi connectivity index (χ1v) is 10.1. The van der Waals surface area contributed by atoms with Crippen molar-refractivity contribution in [2.75, 3.05) is 20.6 Å². The van der Waals surface area contributed by atoms with Crippen molar-refractivity contribution in [2.24, 2.45) is 0 Å². The van der Waals surface area contributed by atoms with Gasteiger partial charge in [0.25, 0.3) is 0 Å². The quantitative estimate of drug-likeness (QED) is 0.445. The molecule has 0 bridgehead atoms. The Morgan fingerprint density at radius 1 is 1.13 bits per heavy atom. The number of nitrogens with zero attached hydrogens (tertiary/aromatic N) is 2. The van der Waals surface area contributed by atoms with Crippen LogP contribution in [-0.2, 0) is 15.1 Å². The second-order valence-electron chi connectivity index (χ2n) is 8.23. The molecule has 5 nitrogen and oxygen atoms in total. The largest absolute Gasteiger partial charge is 0.444 e. The third-order valence-corrected chi connectivity index (χ3v) is 5.26. The molecule has 31 heavy (non-hydrogen) atoms. The number of carbonyl (C=O) groups is 2. The Morgan fingerprint density at radius 2 is 1.71 bits per heavy atom. The first kappa shape index (κ1) is 27.1. The van der Waals surface area contributed by atoms with Crippen LogP contribution in [0.15, 0.2) is 30.9 Å². The molecule has 0 saturated carbocycles. The first-order chi connectivity index (χ1) is 14.0. The minimum Gasteiger partial charge on any atom is -0.444 e. The Bertz CT molecular complexity index is 825. The Morgan fingerprint density at radius 3 is 2.16 bits per heavy atom. The van der Waals surface area contributed by atoms with E-state index in [-0.39, 0.29) is 23.0 Å². The van der Waals surface area contributed by atoms with Gasteiger partial charge in [0, 0.05) is 20.6 Å². The lowest BCUT2D eigenvalue weighted by atomic mass is 9.84. The predicted octanol–water partition coefficient (Wildman–Crippen LogP) is 6.04. The van der Waals surface area contributed by atoms with Crippen LogP contribution in [0.2, 0.25) is 10.0 Å². The van der Waals surface area contributed by atoms with Crippen LogP contribution in [0.25, 0.3) is 0 Å². The summed E-state index contributed by atoms with van der Waals surface area (Å²) in [6.45, 7) is 8.52. The number of amides is 2. The number of alkyl halides is 3. The molecule has 0 radical (unpaired) electrons. The zero-order valence-electron chi connectivity index (χ0n) is 18.1. The van der Waals surface area contributed by atoms with Crippen molar-refractivity contribution >= 4 is 35.2 Å². The van der Waals surface area contributed by atoms with Gasteiger partial charge in [-0.05, 0) is 44.9 Å². The van der Waals surface area contributed by atoms with Crippen LogP contribution in [0, 0.1) is 0 Å². The van der Waals surface area contributed by atoms with Crippen molar-refractivity contribution in [3.8, 4) is 0 Å². The normalized spacial score (nSPS) is 13.9. The summed E-state index contributed by atoms with van der Waals surface area (Å²) < 4.78 is 43.7. The number of likely N-dealkylation sites (N-methyl/N-ethyl adjacent to an activating group) is 2. The zero-order valence-corrected chi connectivity index (χ0v) is 19.7. The van der Waals surface area contributed by atoms with Crippen LogP contribution in [0.4, 0.5) is 18.0 Å². The Kier molecular flexibility index (Phi) is 8.85. The third kappa shape index (κ3) is 7.61. The molecule has 1 aromatic rings. The predicted molar refractivity (Wildman–Crippen MR) is 115 cm³/mol. The maximum Gasteiger partial charge on any atom is 0.410 e. The minimum atomic E-state index is -4.66. The number of hydrogen-bond acceptors (Lipinski definition) is 3. The van der Waals surface area contributed by atoms with E-state index in [4.69, 9.17) is 27.9 Å². The summed E-state index contributed by atoms with van der Waals surface area (Å²) >= 11 is 12.2. The molecule has 0 saturated heterocycles. The Labute approximate surface area is 190 Å². The third-order valence-electron chi connectivity index (χ3n) is 4.52. The van der Waals surface area contributed by atoms with Crippen molar-refractivity contribution in [1.29, 1.82) is 0 Å². The molecule has 0 fully saturated rings. The minimum absolute atomic E-state index is 0.102. The fourth-order valence-electron chi connectivity index (χ4n) is 3.03. The molecule has 1 rings (SSSR count). The molecule has 0 spiro atoms. The summed E-state index contributed by atoms with van der Waals surface area (Å²) in [4.78, 5) is 27.3. The summed E-state index contributed by atoms with van der Waals surface area (Å²) in [7, 11) is 2.69. The molecule has 1 unspecified atom stereocenters. The number of benzene rings is 1. The van der Waals surface area contributed by atoms with Crippen LogP contribution < -0.4 is 0 Å². The summed E-state index contributed by atoms with van der Waals surface area (Å²) in [6, 6.07) is 4.62. The molecule has 0 aliphatic carbocycles. The van der Waals surface area contributed by atoms with Crippen molar-refractivity contribution < 1.29 is 27.5 Å². The number of carbonyl (C=O) groups excluding carboxylic acids is 2. The van der Waals surface area contributed by atoms with E-state index in [0.717, 1.165) is 4.90 Å². The van der Waals surface area contributed by atoms with Gasteiger partial charge in [-0.2, -0.15) is 13.2 Å². The van der Waals surface area contributed by atoms with Crippen LogP contribution >= 0.6 is 23.2 Å². The average Bonchev–Trinajstić information content (AvgIpc) is 2.59. The van der Waals surface area contributed by atoms with Gasteiger partial charge in [0.05, 0.1) is 15.6 Å². The highest BCUT2D eigenvalue weighted by molar-refractivity contribution is 6.42. The molecule has 0 N–H and O–H groups in total. The summed E-state index contributed by atoms with van der Waals surface area (Å²) in [5.41, 5.74) is -1.67. The zero-order chi connectivity index (χ0) is 24.2. The van der Waals surface area contributed by atoms with E-state index in [1.807, 2.05) is 0 Å². The van der Waals surface area contributed by atoms with E-state index >= 15 is 0 Å². The van der Waals surface area contributed by atoms with Crippen molar-refractivity contribution in [2.45, 2.75) is 50.9 Å². The maximum atomic E-state index is 12.9. The molecule has 174 valence electrons. The van der Waals surface area contributed by atoms with Gasteiger partial charge in [0.15, 0.2) is 0 Å². The van der Waals surface area contributed by atoms with Gasteiger partial charge in [-0.15, -0.1) is 6.58 Å². The standard InChI is InChI=1S/C21H27Cl2F3N2O3/c1-7-10-20(14-8-9-15(22)16(23)11-14,28(6)18(30)31-19(2,3)4)13-27(5)17(29)12-21(24,25)26/h7-9,11H,1,10,12-13H2,2-6H3. The molecular weight excluding hydrogens is 456 g/mol. The highest BCUT2D eigenvalue weighted by atomic mass is 35.5. The summed E-state index contributed by atoms with van der Waals surface area (Å²) in [5.74, 6) is -1.14. The second kappa shape index (κ2) is 10.1. The lowest BCUT2D eigenvalue weighted by molar-refractivity contribution is -0.161. The monoisotopic (exact) mass is 482 g/mol. The van der Waals surface area contributed by atoms with E-state index in [9.17, 15) is 22.8 Å². The van der Waals surface area contributed by atoms with E-state index < -0.39 is 35.7 Å². The van der Waals surface area contributed by atoms with Gasteiger partial charge in [0.2, 0.25) is 5.91 Å². The van der Waals surface area contributed by atoms with E-state index in [1.165, 1.54) is 37.2 Å². The lowest BCUT2D eigenvalue weighted by Gasteiger charge is -2.44. The topological polar surface area (TPSA) is 49.9 Å². The maximum absolute atomic E-state index is 12.9. The fraction of sp³-hybridized carbons (Fsp3) is 0.524. The van der Waals surface area contributed by atoms with E-state index in [0.29, 0.717) is 5.56 Å². The average molecular weight is 483 g/mol. The molecule has 0 aromatic heterocycles. The smallest absolute Gasteiger partial charge is 0.410 e. The van der Waals surface area contributed by atoms with Crippen molar-refractivity contribution in [1.82, 2.24) is 9.80 Å². The first-order valence-electron chi connectivity index (χ1n) is 9.36. The van der Waals surface area contributed by atoms with Gasteiger partial charge < -0.3 is 9.64 Å². The SMILES string of the molecule is C=CCC(CN(C)C(=O)CC(F)(F)F)(c1ccc(Cl)c(Cl)c1)N(C)C(=O)OC(C)(C)C. The Balaban J connectivity index is 3.53. The van der Waals surface area contributed by atoms with Crippen molar-refractivity contribution in [3.05, 3.63) is 46.5 Å². The highest BCUT2D eigenvalue weighted by Crippen LogP contribution is 2.37. The van der Waals surface area contributed by atoms with Gasteiger partial charge in [-0.1, -0.05) is 35.3 Å². The molecule has 0 heterocycles. The molecule has 1 atom stereocenters. The molecule has 0 aliphatic heterocycles. The number of hydrogen-bond donors (Lipinski definition) is 0. The molecule has 0 aliphatic rings. The van der Waals surface area contributed by atoms with Crippen LogP contribution in [-0.4, -0.2) is 54.2 Å². The van der Waals surface area contributed by atoms with Crippen LogP contribution in [0.5, 0.6) is 0 Å². The second-order valence-corrected chi connectivity index (χ2v) is 9.05. The van der Waals surface area contributed by atoms with E-state index in [2.05, 4.69) is 6.58 Å². The van der Waals surface area contributed by atoms with Gasteiger partial charge in [-0.25, -0.2) is 4.79 Å². The number of ether oxygens (including phenoxy) is 1. The van der Waals surface area contributed by atoms with Gasteiger partial charge in [-0.3, -0.25) is 9.69 Å². The van der Waals surface area contributed by atoms with Crippen LogP contribution in [0.3, 0.4) is 0 Å². The van der Waals surface area contributed by atoms with Crippen LogP contribution in [0.1, 0.15) is 39.2 Å². The molecule has 2 amide bonds. The summed E-state index contributed by atoms with van der Waals surface area (Å²) in [5, 5.41) is 0.453. The number of rotatable bonds is 7. The Hall–Kier alpha value is -1.93. The number of halogens is 5. The molecule has 1 aromatic carbocycles. The molecular formula is C21H27Cl2F3N2O3. The summed E-state index contributed by atoms with van der Waals surface area (Å²) in [6.07, 6.45) is -5.40.